The van der Waals surface area contributed by atoms with Crippen molar-refractivity contribution in [2.75, 3.05) is 18.0 Å². The van der Waals surface area contributed by atoms with E-state index in [1.54, 1.807) is 23.7 Å². The molecule has 7 nitrogen and oxygen atoms in total. The fraction of sp³-hybridized carbons (Fsp3) is 0.360. The average molecular weight is 480 g/mol. The van der Waals surface area contributed by atoms with Crippen molar-refractivity contribution in [2.24, 2.45) is 11.1 Å². The van der Waals surface area contributed by atoms with E-state index in [0.717, 1.165) is 49.8 Å². The Hall–Kier alpha value is -3.53. The number of anilines is 1. The molecular weight excluding hydrogens is 455 g/mol. The number of alkyl halides is 3. The standard InChI is InChI=1S/C25H24F3N7/c1-15-19(17-5-3-9-31-21(17)25(26,27)28)22-32-10-13-35(22)23(33-15)34-11-6-24(7-12-34)14-18-16(20(24)29)4-2-8-30-18/h2-5,8-10,13,20H,6-7,11-12,14,29H2,1H3/t20-/m1/s1. The first-order chi connectivity index (χ1) is 16.8. The highest BCUT2D eigenvalue weighted by molar-refractivity contribution is 5.82. The number of nitrogens with two attached hydrogens (primary N) is 1. The van der Waals surface area contributed by atoms with E-state index < -0.39 is 11.9 Å². The van der Waals surface area contributed by atoms with E-state index in [0.29, 0.717) is 22.9 Å². The molecule has 35 heavy (non-hydrogen) atoms. The van der Waals surface area contributed by atoms with Crippen LogP contribution in [0.3, 0.4) is 0 Å². The zero-order valence-electron chi connectivity index (χ0n) is 19.1. The molecule has 10 heteroatoms. The number of rotatable bonds is 2. The van der Waals surface area contributed by atoms with E-state index in [-0.39, 0.29) is 17.0 Å². The minimum atomic E-state index is -4.58. The van der Waals surface area contributed by atoms with Crippen LogP contribution in [0.5, 0.6) is 0 Å². The second-order valence-corrected chi connectivity index (χ2v) is 9.43. The Kier molecular flexibility index (Phi) is 4.86. The van der Waals surface area contributed by atoms with Gasteiger partial charge in [0.1, 0.15) is 5.65 Å². The lowest BCUT2D eigenvalue weighted by Crippen LogP contribution is -2.45. The minimum absolute atomic E-state index is 0.0208. The molecule has 1 fully saturated rings. The molecule has 4 aromatic heterocycles. The smallest absolute Gasteiger partial charge is 0.342 e. The topological polar surface area (TPSA) is 85.2 Å². The van der Waals surface area contributed by atoms with Gasteiger partial charge in [-0.05, 0) is 49.3 Å². The first kappa shape index (κ1) is 22.0. The molecule has 2 N–H and O–H groups in total. The zero-order chi connectivity index (χ0) is 24.4. The largest absolute Gasteiger partial charge is 0.433 e. The highest BCUT2D eigenvalue weighted by Crippen LogP contribution is 2.50. The molecule has 4 aromatic rings. The molecule has 1 saturated heterocycles. The molecule has 0 bridgehead atoms. The van der Waals surface area contributed by atoms with Crippen LogP contribution in [0.1, 0.15) is 41.5 Å². The number of aryl methyl sites for hydroxylation is 1. The lowest BCUT2D eigenvalue weighted by Gasteiger charge is -2.42. The second-order valence-electron chi connectivity index (χ2n) is 9.43. The number of hydrogen-bond donors (Lipinski definition) is 1. The molecular formula is C25H24F3N7. The molecule has 0 unspecified atom stereocenters. The summed E-state index contributed by atoms with van der Waals surface area (Å²) in [5.74, 6) is 0.674. The third-order valence-corrected chi connectivity index (χ3v) is 7.54. The van der Waals surface area contributed by atoms with Gasteiger partial charge in [-0.2, -0.15) is 13.2 Å². The van der Waals surface area contributed by atoms with Gasteiger partial charge in [0.15, 0.2) is 5.69 Å². The van der Waals surface area contributed by atoms with E-state index in [9.17, 15) is 13.2 Å². The Balaban J connectivity index is 1.35. The van der Waals surface area contributed by atoms with E-state index in [4.69, 9.17) is 10.7 Å². The van der Waals surface area contributed by atoms with Crippen LogP contribution in [0.2, 0.25) is 0 Å². The van der Waals surface area contributed by atoms with Crippen LogP contribution >= 0.6 is 0 Å². The summed E-state index contributed by atoms with van der Waals surface area (Å²) in [6.45, 7) is 3.20. The van der Waals surface area contributed by atoms with Gasteiger partial charge in [-0.25, -0.2) is 9.97 Å². The Bertz CT molecular complexity index is 1420. The Morgan fingerprint density at radius 1 is 1.03 bits per heavy atom. The second kappa shape index (κ2) is 7.74. The number of piperidine rings is 1. The first-order valence-electron chi connectivity index (χ1n) is 11.6. The van der Waals surface area contributed by atoms with Crippen molar-refractivity contribution in [1.29, 1.82) is 0 Å². The number of halogens is 3. The fourth-order valence-corrected chi connectivity index (χ4v) is 5.74. The summed E-state index contributed by atoms with van der Waals surface area (Å²) in [6, 6.07) is 6.87. The number of imidazole rings is 1. The number of pyridine rings is 2. The van der Waals surface area contributed by atoms with Crippen molar-refractivity contribution in [3.63, 3.8) is 0 Å². The molecule has 0 aromatic carbocycles. The fourth-order valence-electron chi connectivity index (χ4n) is 5.74. The minimum Gasteiger partial charge on any atom is -0.342 e. The van der Waals surface area contributed by atoms with Crippen molar-refractivity contribution < 1.29 is 13.2 Å². The predicted octanol–water partition coefficient (Wildman–Crippen LogP) is 4.36. The van der Waals surface area contributed by atoms with Crippen molar-refractivity contribution in [3.05, 3.63) is 71.7 Å². The number of fused-ring (bicyclic) bond motifs is 2. The highest BCUT2D eigenvalue weighted by atomic mass is 19.4. The molecule has 180 valence electrons. The summed E-state index contributed by atoms with van der Waals surface area (Å²) >= 11 is 0. The summed E-state index contributed by atoms with van der Waals surface area (Å²) in [4.78, 5) is 19.5. The van der Waals surface area contributed by atoms with E-state index >= 15 is 0 Å². The third-order valence-electron chi connectivity index (χ3n) is 7.54. The Morgan fingerprint density at radius 2 is 1.77 bits per heavy atom. The molecule has 1 spiro atoms. The molecule has 6 rings (SSSR count). The SMILES string of the molecule is Cc1nc(N2CCC3(CC2)Cc2ncccc2[C@H]3N)n2ccnc2c1-c1cccnc1C(F)(F)F. The maximum atomic E-state index is 13.7. The summed E-state index contributed by atoms with van der Waals surface area (Å²) < 4.78 is 42.9. The van der Waals surface area contributed by atoms with Gasteiger partial charge in [0, 0.05) is 60.7 Å². The number of aromatic nitrogens is 5. The number of nitrogens with zero attached hydrogens (tertiary/aromatic N) is 6. The molecule has 2 aliphatic rings. The first-order valence-corrected chi connectivity index (χ1v) is 11.6. The molecule has 0 radical (unpaired) electrons. The van der Waals surface area contributed by atoms with Crippen LogP contribution in [0, 0.1) is 12.3 Å². The van der Waals surface area contributed by atoms with Crippen LogP contribution in [0.4, 0.5) is 19.1 Å². The van der Waals surface area contributed by atoms with Crippen LogP contribution in [0.15, 0.2) is 49.1 Å². The summed E-state index contributed by atoms with van der Waals surface area (Å²) in [5, 5.41) is 0. The van der Waals surface area contributed by atoms with Gasteiger partial charge in [0.05, 0.1) is 5.69 Å². The van der Waals surface area contributed by atoms with Gasteiger partial charge in [-0.3, -0.25) is 14.4 Å². The van der Waals surface area contributed by atoms with Crippen molar-refractivity contribution in [3.8, 4) is 11.1 Å². The third kappa shape index (κ3) is 3.38. The average Bonchev–Trinajstić information content (AvgIpc) is 3.42. The Morgan fingerprint density at radius 3 is 2.51 bits per heavy atom. The van der Waals surface area contributed by atoms with Gasteiger partial charge in [-0.15, -0.1) is 0 Å². The van der Waals surface area contributed by atoms with Gasteiger partial charge in [0.25, 0.3) is 0 Å². The highest BCUT2D eigenvalue weighted by Gasteiger charge is 2.47. The van der Waals surface area contributed by atoms with Crippen molar-refractivity contribution in [2.45, 2.75) is 38.4 Å². The predicted molar refractivity (Wildman–Crippen MR) is 125 cm³/mol. The van der Waals surface area contributed by atoms with Gasteiger partial charge in [0.2, 0.25) is 5.95 Å². The van der Waals surface area contributed by atoms with Gasteiger partial charge >= 0.3 is 6.18 Å². The molecule has 0 amide bonds. The van der Waals surface area contributed by atoms with Crippen molar-refractivity contribution in [1.82, 2.24) is 24.3 Å². The van der Waals surface area contributed by atoms with Crippen LogP contribution < -0.4 is 10.6 Å². The van der Waals surface area contributed by atoms with Gasteiger partial charge < -0.3 is 10.6 Å². The summed E-state index contributed by atoms with van der Waals surface area (Å²) in [5.41, 5.74) is 9.16. The molecule has 1 aliphatic carbocycles. The molecule has 0 saturated carbocycles. The monoisotopic (exact) mass is 479 g/mol. The molecule has 1 aliphatic heterocycles. The molecule has 1 atom stereocenters. The van der Waals surface area contributed by atoms with E-state index in [2.05, 4.69) is 25.9 Å². The maximum Gasteiger partial charge on any atom is 0.433 e. The summed E-state index contributed by atoms with van der Waals surface area (Å²) in [6.07, 6.45) is 4.34. The van der Waals surface area contributed by atoms with E-state index in [1.165, 1.54) is 12.1 Å². The number of hydrogen-bond acceptors (Lipinski definition) is 6. The van der Waals surface area contributed by atoms with Crippen LogP contribution in [-0.4, -0.2) is 37.4 Å². The lowest BCUT2D eigenvalue weighted by atomic mass is 9.73. The lowest BCUT2D eigenvalue weighted by molar-refractivity contribution is -0.140. The van der Waals surface area contributed by atoms with Crippen LogP contribution in [-0.2, 0) is 12.6 Å². The summed E-state index contributed by atoms with van der Waals surface area (Å²) in [7, 11) is 0. The molecule has 5 heterocycles. The van der Waals surface area contributed by atoms with E-state index in [1.807, 2.05) is 12.3 Å². The zero-order valence-corrected chi connectivity index (χ0v) is 19.1. The van der Waals surface area contributed by atoms with Gasteiger partial charge in [-0.1, -0.05) is 12.1 Å². The quantitative estimate of drug-likeness (QED) is 0.460. The Labute approximate surface area is 199 Å². The maximum absolute atomic E-state index is 13.7. The van der Waals surface area contributed by atoms with Crippen molar-refractivity contribution >= 4 is 11.6 Å². The van der Waals surface area contributed by atoms with Crippen LogP contribution in [0.25, 0.3) is 16.8 Å². The normalized spacial score (nSPS) is 19.5.